The van der Waals surface area contributed by atoms with Gasteiger partial charge in [0.1, 0.15) is 0 Å². The second-order valence-corrected chi connectivity index (χ2v) is 6.71. The Bertz CT molecular complexity index is 979. The van der Waals surface area contributed by atoms with Crippen LogP contribution in [0.1, 0.15) is 39.2 Å². The number of nitrogens with one attached hydrogen (secondary N) is 1. The molecule has 0 aromatic heterocycles. The molecule has 2 rings (SSSR count). The highest BCUT2D eigenvalue weighted by atomic mass is 16.7. The maximum atomic E-state index is 12.6. The van der Waals surface area contributed by atoms with E-state index in [2.05, 4.69) is 10.5 Å². The lowest BCUT2D eigenvalue weighted by molar-refractivity contribution is -0.384. The monoisotopic (exact) mass is 431 g/mol. The van der Waals surface area contributed by atoms with Crippen molar-refractivity contribution in [2.45, 2.75) is 33.6 Å². The fourth-order valence-corrected chi connectivity index (χ4v) is 3.41. The number of ether oxygens (including phenoxy) is 2. The number of hydrogen-bond acceptors (Lipinski definition) is 9. The maximum Gasteiger partial charge on any atom is 0.336 e. The number of hydrogen-bond donors (Lipinski definition) is 1. The van der Waals surface area contributed by atoms with Crippen LogP contribution in [-0.2, 0) is 23.9 Å². The van der Waals surface area contributed by atoms with E-state index in [0.29, 0.717) is 28.2 Å². The number of carbonyl (C=O) groups excluding carboxylic acids is 2. The van der Waals surface area contributed by atoms with E-state index in [-0.39, 0.29) is 24.5 Å². The highest BCUT2D eigenvalue weighted by Crippen LogP contribution is 2.40. The number of allylic oxidation sites excluding steroid dienone is 3. The fraction of sp³-hybridized carbons (Fsp3) is 0.381. The number of hydroxylamine groups is 1. The molecule has 1 unspecified atom stereocenters. The zero-order valence-electron chi connectivity index (χ0n) is 18.1. The van der Waals surface area contributed by atoms with Gasteiger partial charge in [-0.05, 0) is 33.3 Å². The Balaban J connectivity index is 2.55. The number of methoxy groups -OCH3 is 1. The maximum absolute atomic E-state index is 12.6. The number of carbonyl (C=O) groups is 2. The molecule has 1 heterocycles. The third-order valence-corrected chi connectivity index (χ3v) is 4.64. The molecule has 0 amide bonds. The molecule has 10 nitrogen and oxygen atoms in total. The van der Waals surface area contributed by atoms with E-state index in [4.69, 9.17) is 14.3 Å². The van der Waals surface area contributed by atoms with Gasteiger partial charge in [-0.3, -0.25) is 25.4 Å². The van der Waals surface area contributed by atoms with Gasteiger partial charge in [0.2, 0.25) is 0 Å². The first-order chi connectivity index (χ1) is 14.7. The Labute approximate surface area is 179 Å². The van der Waals surface area contributed by atoms with Gasteiger partial charge in [-0.25, -0.2) is 9.59 Å². The Morgan fingerprint density at radius 2 is 2.00 bits per heavy atom. The van der Waals surface area contributed by atoms with Gasteiger partial charge in [0, 0.05) is 40.7 Å². The van der Waals surface area contributed by atoms with E-state index in [0.717, 1.165) is 0 Å². The van der Waals surface area contributed by atoms with Crippen LogP contribution in [-0.4, -0.2) is 42.9 Å². The Morgan fingerprint density at radius 1 is 1.29 bits per heavy atom. The van der Waals surface area contributed by atoms with Gasteiger partial charge in [-0.15, -0.1) is 0 Å². The standard InChI is InChI=1S/C21H25N3O7/c1-6-30-17(25)11-31-23-14(4)18-12(2)22-13(3)19(21(26)29-5)20(18)15-8-7-9-16(10-15)24(27)28/h7-10,20,23H,6,11H2,1-5H3/b18-14+. The summed E-state index contributed by atoms with van der Waals surface area (Å²) in [6.45, 7) is 6.72. The zero-order valence-corrected chi connectivity index (χ0v) is 18.1. The summed E-state index contributed by atoms with van der Waals surface area (Å²) in [5.74, 6) is -1.82. The van der Waals surface area contributed by atoms with E-state index in [1.165, 1.54) is 19.2 Å². The highest BCUT2D eigenvalue weighted by molar-refractivity contribution is 6.07. The first-order valence-electron chi connectivity index (χ1n) is 9.54. The molecule has 0 bridgehead atoms. The second kappa shape index (κ2) is 10.5. The van der Waals surface area contributed by atoms with E-state index in [1.54, 1.807) is 39.8 Å². The van der Waals surface area contributed by atoms with Crippen LogP contribution in [0.15, 0.2) is 51.8 Å². The molecule has 0 saturated heterocycles. The van der Waals surface area contributed by atoms with Gasteiger partial charge < -0.3 is 9.47 Å². The van der Waals surface area contributed by atoms with Crippen LogP contribution in [0, 0.1) is 10.1 Å². The summed E-state index contributed by atoms with van der Waals surface area (Å²) in [4.78, 5) is 44.6. The molecule has 31 heavy (non-hydrogen) atoms. The van der Waals surface area contributed by atoms with Crippen LogP contribution in [0.5, 0.6) is 0 Å². The van der Waals surface area contributed by atoms with Gasteiger partial charge in [0.15, 0.2) is 6.61 Å². The number of aliphatic imine (C=N–C) groups is 1. The predicted molar refractivity (Wildman–Crippen MR) is 112 cm³/mol. The zero-order chi connectivity index (χ0) is 23.1. The van der Waals surface area contributed by atoms with Crippen molar-refractivity contribution in [2.24, 2.45) is 4.99 Å². The molecule has 1 aromatic rings. The molecule has 0 spiro atoms. The van der Waals surface area contributed by atoms with E-state index >= 15 is 0 Å². The number of non-ortho nitro benzene ring substituents is 1. The third-order valence-electron chi connectivity index (χ3n) is 4.64. The van der Waals surface area contributed by atoms with Crippen LogP contribution in [0.25, 0.3) is 0 Å². The molecule has 0 fully saturated rings. The molecule has 1 atom stereocenters. The summed E-state index contributed by atoms with van der Waals surface area (Å²) in [7, 11) is 1.26. The molecule has 0 saturated carbocycles. The molecular formula is C21H25N3O7. The summed E-state index contributed by atoms with van der Waals surface area (Å²) in [6.07, 6.45) is 0. The minimum Gasteiger partial charge on any atom is -0.466 e. The number of nitro groups is 1. The third kappa shape index (κ3) is 5.54. The molecule has 0 radical (unpaired) electrons. The summed E-state index contributed by atoms with van der Waals surface area (Å²) in [5.41, 5.74) is 5.46. The average molecular weight is 431 g/mol. The molecule has 1 aliphatic rings. The highest BCUT2D eigenvalue weighted by Gasteiger charge is 2.35. The topological polar surface area (TPSA) is 129 Å². The van der Waals surface area contributed by atoms with Crippen molar-refractivity contribution >= 4 is 23.3 Å². The van der Waals surface area contributed by atoms with Crippen molar-refractivity contribution in [1.82, 2.24) is 5.48 Å². The minimum absolute atomic E-state index is 0.108. The van der Waals surface area contributed by atoms with E-state index < -0.39 is 22.8 Å². The second-order valence-electron chi connectivity index (χ2n) is 6.71. The molecule has 1 aromatic carbocycles. The Kier molecular flexibility index (Phi) is 8.03. The van der Waals surface area contributed by atoms with Crippen molar-refractivity contribution < 1.29 is 28.8 Å². The molecule has 0 aliphatic carbocycles. The van der Waals surface area contributed by atoms with Crippen molar-refractivity contribution in [3.05, 3.63) is 62.5 Å². The quantitative estimate of drug-likeness (QED) is 0.378. The fourth-order valence-electron chi connectivity index (χ4n) is 3.41. The van der Waals surface area contributed by atoms with E-state index in [9.17, 15) is 19.7 Å². The summed E-state index contributed by atoms with van der Waals surface area (Å²) in [5, 5.41) is 11.3. The van der Waals surface area contributed by atoms with Gasteiger partial charge in [-0.1, -0.05) is 12.1 Å². The van der Waals surface area contributed by atoms with Gasteiger partial charge in [0.25, 0.3) is 5.69 Å². The average Bonchev–Trinajstić information content (AvgIpc) is 2.72. The smallest absolute Gasteiger partial charge is 0.336 e. The molecule has 10 heteroatoms. The van der Waals surface area contributed by atoms with Crippen LogP contribution < -0.4 is 5.48 Å². The van der Waals surface area contributed by atoms with Crippen molar-refractivity contribution in [3.8, 4) is 0 Å². The molecule has 1 aliphatic heterocycles. The van der Waals surface area contributed by atoms with Gasteiger partial charge in [-0.2, -0.15) is 0 Å². The van der Waals surface area contributed by atoms with Crippen LogP contribution in [0.4, 0.5) is 5.69 Å². The molecular weight excluding hydrogens is 406 g/mol. The summed E-state index contributed by atoms with van der Waals surface area (Å²) in [6, 6.07) is 6.03. The van der Waals surface area contributed by atoms with Crippen LogP contribution in [0.3, 0.4) is 0 Å². The van der Waals surface area contributed by atoms with Gasteiger partial charge >= 0.3 is 11.9 Å². The predicted octanol–water partition coefficient (Wildman–Crippen LogP) is 2.96. The summed E-state index contributed by atoms with van der Waals surface area (Å²) >= 11 is 0. The SMILES string of the molecule is CCOC(=O)CON/C(C)=C1\C(C)=NC(C)=C(C(=O)OC)C1c1cccc([N+](=O)[O-])c1. The van der Waals surface area contributed by atoms with Crippen LogP contribution in [0.2, 0.25) is 0 Å². The number of rotatable bonds is 8. The lowest BCUT2D eigenvalue weighted by atomic mass is 9.79. The normalized spacial score (nSPS) is 17.6. The lowest BCUT2D eigenvalue weighted by Crippen LogP contribution is -2.28. The van der Waals surface area contributed by atoms with Crippen molar-refractivity contribution in [1.29, 1.82) is 0 Å². The largest absolute Gasteiger partial charge is 0.466 e. The van der Waals surface area contributed by atoms with Gasteiger partial charge in [0.05, 0.1) is 24.2 Å². The Hall–Kier alpha value is -3.53. The molecule has 166 valence electrons. The molecule has 1 N–H and O–H groups in total. The van der Waals surface area contributed by atoms with Crippen molar-refractivity contribution in [2.75, 3.05) is 20.3 Å². The number of esters is 2. The summed E-state index contributed by atoms with van der Waals surface area (Å²) < 4.78 is 9.77. The van der Waals surface area contributed by atoms with Crippen LogP contribution >= 0.6 is 0 Å². The Morgan fingerprint density at radius 3 is 2.61 bits per heavy atom. The number of benzene rings is 1. The van der Waals surface area contributed by atoms with Crippen molar-refractivity contribution in [3.63, 3.8) is 0 Å². The minimum atomic E-state index is -0.691. The van der Waals surface area contributed by atoms with E-state index in [1.807, 2.05) is 0 Å². The first-order valence-corrected chi connectivity index (χ1v) is 9.54. The first kappa shape index (κ1) is 23.7. The lowest BCUT2D eigenvalue weighted by Gasteiger charge is -2.29. The number of nitro benzene ring substituents is 1. The number of nitrogens with zero attached hydrogens (tertiary/aromatic N) is 2.